The first-order valence-corrected chi connectivity index (χ1v) is 23.0. The number of methoxy groups -OCH3 is 4. The molecule has 0 atom stereocenters. The molecular weight excluding hydrogens is 810 g/mol. The maximum atomic E-state index is 6.87. The van der Waals surface area contributed by atoms with Crippen LogP contribution in [-0.2, 0) is 21.7 Å². The third-order valence-electron chi connectivity index (χ3n) is 10.8. The van der Waals surface area contributed by atoms with E-state index in [1.165, 1.54) is 0 Å². The van der Waals surface area contributed by atoms with Crippen LogP contribution >= 0.6 is 16.5 Å². The largest absolute Gasteiger partial charge is 0.497 e. The van der Waals surface area contributed by atoms with Crippen LogP contribution in [0.4, 0.5) is 0 Å². The number of benzene rings is 4. The maximum Gasteiger partial charge on any atom is 0.387 e. The smallest absolute Gasteiger partial charge is 0.387 e. The van der Waals surface area contributed by atoms with Gasteiger partial charge in [-0.3, -0.25) is 9.05 Å². The summed E-state index contributed by atoms with van der Waals surface area (Å²) in [5.41, 5.74) is 4.95. The molecule has 0 aliphatic rings. The molecule has 0 N–H and O–H groups in total. The number of rotatable bonds is 10. The lowest BCUT2D eigenvalue weighted by Crippen LogP contribution is -2.27. The number of fused-ring (bicyclic) bond motifs is 6. The molecular formula is C49H66O10P2. The molecule has 0 aliphatic carbocycles. The van der Waals surface area contributed by atoms with Crippen molar-refractivity contribution in [2.75, 3.05) is 41.7 Å². The predicted molar refractivity (Wildman–Crippen MR) is 250 cm³/mol. The summed E-state index contributed by atoms with van der Waals surface area (Å²) in [6.07, 6.45) is 0. The molecule has 12 heteroatoms. The molecule has 0 unspecified atom stereocenters. The van der Waals surface area contributed by atoms with Gasteiger partial charge >= 0.3 is 16.5 Å². The third kappa shape index (κ3) is 9.89. The fourth-order valence-electron chi connectivity index (χ4n) is 7.24. The molecule has 0 fully saturated rings. The van der Waals surface area contributed by atoms with Gasteiger partial charge in [0.25, 0.3) is 0 Å². The average molecular weight is 877 g/mol. The minimum absolute atomic E-state index is 0.247. The Bertz CT molecular complexity index is 2310. The molecule has 0 radical (unpaired) electrons. The zero-order chi connectivity index (χ0) is 45.0. The first-order valence-electron chi connectivity index (χ1n) is 20.8. The van der Waals surface area contributed by atoms with Gasteiger partial charge in [-0.1, -0.05) is 96.9 Å². The van der Waals surface area contributed by atoms with Gasteiger partial charge in [0.05, 0.1) is 41.7 Å². The van der Waals surface area contributed by atoms with Crippen molar-refractivity contribution >= 4 is 60.4 Å². The van der Waals surface area contributed by atoms with E-state index >= 15 is 0 Å². The van der Waals surface area contributed by atoms with E-state index in [-0.39, 0.29) is 34.9 Å². The topological polar surface area (TPSA) is 108 Å². The molecule has 0 aliphatic heterocycles. The number of hydrogen-bond acceptors (Lipinski definition) is 10. The van der Waals surface area contributed by atoms with Crippen LogP contribution in [0.15, 0.2) is 65.3 Å². The maximum absolute atomic E-state index is 6.87. The van der Waals surface area contributed by atoms with Crippen molar-refractivity contribution in [2.45, 2.75) is 119 Å². The standard InChI is InChI=1S/C49H66O10P2/c1-45(2,3)37-23-29(50-15)19-33-34-20-30(51-16)24-38(46(4,5)6)42(34)57-60(56-41(33)37)54-27-49(13,14)28-55-61-58-43-35(21-31(52-17)25-39(43)47(7,8)9)36-22-32(53-18)26-40(44(36)59-61)48(10,11)12/h19-26H,27-28H2,1-18H3. The summed E-state index contributed by atoms with van der Waals surface area (Å²) in [5.74, 6) is 2.89. The van der Waals surface area contributed by atoms with Crippen molar-refractivity contribution in [3.63, 3.8) is 0 Å². The van der Waals surface area contributed by atoms with Gasteiger partial charge in [0.2, 0.25) is 0 Å². The van der Waals surface area contributed by atoms with Crippen molar-refractivity contribution in [3.05, 3.63) is 70.8 Å². The molecule has 0 bridgehead atoms. The van der Waals surface area contributed by atoms with Crippen LogP contribution in [0.3, 0.4) is 0 Å². The van der Waals surface area contributed by atoms with Gasteiger partial charge in [0.1, 0.15) is 45.3 Å². The Kier molecular flexibility index (Phi) is 12.8. The van der Waals surface area contributed by atoms with Crippen LogP contribution in [0.5, 0.6) is 23.0 Å². The number of hydrogen-bond donors (Lipinski definition) is 0. The third-order valence-corrected chi connectivity index (χ3v) is 12.8. The van der Waals surface area contributed by atoms with E-state index in [0.29, 0.717) is 22.3 Å². The average Bonchev–Trinajstić information content (AvgIpc) is 3.43. The van der Waals surface area contributed by atoms with Crippen molar-refractivity contribution in [1.82, 2.24) is 0 Å². The Hall–Kier alpha value is -4.20. The Morgan fingerprint density at radius 3 is 0.754 bits per heavy atom. The summed E-state index contributed by atoms with van der Waals surface area (Å²) >= 11 is 0. The van der Waals surface area contributed by atoms with Crippen LogP contribution in [0, 0.1) is 5.41 Å². The van der Waals surface area contributed by atoms with Crippen molar-refractivity contribution in [2.24, 2.45) is 5.41 Å². The summed E-state index contributed by atoms with van der Waals surface area (Å²) in [7, 11) is 2.82. The van der Waals surface area contributed by atoms with Gasteiger partial charge in [-0.05, 0) is 70.2 Å². The second-order valence-corrected chi connectivity index (χ2v) is 22.9. The van der Waals surface area contributed by atoms with Crippen LogP contribution < -0.4 is 28.0 Å². The fourth-order valence-corrected chi connectivity index (χ4v) is 9.82. The quantitative estimate of drug-likeness (QED) is 0.132. The van der Waals surface area contributed by atoms with Gasteiger partial charge in [-0.15, -0.1) is 0 Å². The minimum Gasteiger partial charge on any atom is -0.497 e. The lowest BCUT2D eigenvalue weighted by Gasteiger charge is -2.23. The van der Waals surface area contributed by atoms with E-state index in [2.05, 4.69) is 96.9 Å². The van der Waals surface area contributed by atoms with E-state index in [0.717, 1.165) is 66.8 Å². The molecule has 332 valence electrons. The molecule has 0 saturated heterocycles. The predicted octanol–water partition coefficient (Wildman–Crippen LogP) is 14.7. The van der Waals surface area contributed by atoms with E-state index in [1.807, 2.05) is 48.5 Å². The first-order chi connectivity index (χ1) is 28.3. The molecule has 6 aromatic rings. The van der Waals surface area contributed by atoms with Crippen LogP contribution in [0.1, 0.15) is 119 Å². The van der Waals surface area contributed by atoms with Gasteiger partial charge in [-0.2, -0.15) is 0 Å². The van der Waals surface area contributed by atoms with E-state index in [1.54, 1.807) is 28.4 Å². The second kappa shape index (κ2) is 16.8. The highest BCUT2D eigenvalue weighted by atomic mass is 31.1. The monoisotopic (exact) mass is 876 g/mol. The zero-order valence-electron chi connectivity index (χ0n) is 39.5. The molecule has 0 amide bonds. The van der Waals surface area contributed by atoms with E-state index in [4.69, 9.17) is 44.8 Å². The molecule has 0 saturated carbocycles. The summed E-state index contributed by atoms with van der Waals surface area (Å²) in [6.45, 7) is 30.6. The van der Waals surface area contributed by atoms with Crippen LogP contribution in [-0.4, -0.2) is 41.7 Å². The summed E-state index contributed by atoms with van der Waals surface area (Å²) < 4.78 is 64.3. The summed E-state index contributed by atoms with van der Waals surface area (Å²) in [5, 5.41) is 3.41. The highest BCUT2D eigenvalue weighted by Crippen LogP contribution is 2.47. The van der Waals surface area contributed by atoms with Crippen molar-refractivity contribution in [1.29, 1.82) is 0 Å². The van der Waals surface area contributed by atoms with Gasteiger partial charge < -0.3 is 35.7 Å². The first kappa shape index (κ1) is 46.3. The van der Waals surface area contributed by atoms with Gasteiger partial charge in [0.15, 0.2) is 0 Å². The Labute approximate surface area is 363 Å². The molecule has 2 heterocycles. The van der Waals surface area contributed by atoms with Gasteiger partial charge in [-0.25, -0.2) is 0 Å². The molecule has 10 nitrogen and oxygen atoms in total. The fraction of sp³-hybridized carbons (Fsp3) is 0.510. The van der Waals surface area contributed by atoms with Gasteiger partial charge in [0, 0.05) is 49.2 Å². The minimum atomic E-state index is -1.95. The molecule has 61 heavy (non-hydrogen) atoms. The second-order valence-electron chi connectivity index (χ2n) is 20.7. The van der Waals surface area contributed by atoms with Crippen LogP contribution in [0.2, 0.25) is 0 Å². The van der Waals surface area contributed by atoms with E-state index in [9.17, 15) is 0 Å². The SMILES string of the molecule is COc1cc(C(C)(C)C)c2op(OCC(C)(C)COp3oc4c(C(C)(C)C)cc(OC)cc4c4cc(OC)cc(C(C)(C)C)c4o3)oc3c(C(C)(C)C)cc(OC)cc3c2c1. The Morgan fingerprint density at radius 2 is 0.574 bits per heavy atom. The Balaban J connectivity index is 1.49. The Morgan fingerprint density at radius 1 is 0.361 bits per heavy atom. The van der Waals surface area contributed by atoms with Crippen molar-refractivity contribution in [3.8, 4) is 23.0 Å². The zero-order valence-corrected chi connectivity index (χ0v) is 41.3. The molecule has 2 aromatic heterocycles. The lowest BCUT2D eigenvalue weighted by atomic mass is 9.84. The normalized spacial score (nSPS) is 13.0. The molecule has 0 spiro atoms. The summed E-state index contributed by atoms with van der Waals surface area (Å²) in [4.78, 5) is 0. The molecule has 6 rings (SSSR count). The van der Waals surface area contributed by atoms with E-state index < -0.39 is 21.9 Å². The highest BCUT2D eigenvalue weighted by molar-refractivity contribution is 7.32. The van der Waals surface area contributed by atoms with Crippen LogP contribution in [0.25, 0.3) is 43.9 Å². The summed E-state index contributed by atoms with van der Waals surface area (Å²) in [6, 6.07) is 16.2. The number of ether oxygens (including phenoxy) is 4. The van der Waals surface area contributed by atoms with Crippen molar-refractivity contribution < 1.29 is 44.8 Å². The highest BCUT2D eigenvalue weighted by Gasteiger charge is 2.30. The lowest BCUT2D eigenvalue weighted by molar-refractivity contribution is 0.152. The molecule has 4 aromatic carbocycles.